The number of anilines is 1. The van der Waals surface area contributed by atoms with Gasteiger partial charge in [-0.3, -0.25) is 0 Å². The molecule has 200 valence electrons. The number of para-hydroxylation sites is 1. The summed E-state index contributed by atoms with van der Waals surface area (Å²) in [6.45, 7) is 13.7. The molecule has 2 N–H and O–H groups in total. The van der Waals surface area contributed by atoms with E-state index in [1.54, 1.807) is 0 Å². The molecule has 0 aliphatic rings. The van der Waals surface area contributed by atoms with Crippen molar-refractivity contribution in [3.05, 3.63) is 75.8 Å². The zero-order chi connectivity index (χ0) is 26.8. The second-order valence-corrected chi connectivity index (χ2v) is 10.8. The van der Waals surface area contributed by atoms with Crippen LogP contribution >= 0.6 is 0 Å². The van der Waals surface area contributed by atoms with Gasteiger partial charge in [0, 0.05) is 16.8 Å². The molecule has 0 fully saturated rings. The van der Waals surface area contributed by atoms with Crippen LogP contribution in [0.15, 0.2) is 42.5 Å². The maximum Gasteiger partial charge on any atom is 0.0473 e. The normalized spacial score (nSPS) is 11.3. The predicted molar refractivity (Wildman–Crippen MR) is 166 cm³/mol. The van der Waals surface area contributed by atoms with E-state index < -0.39 is 0 Å². The topological polar surface area (TPSA) is 26.0 Å². The Morgan fingerprint density at radius 1 is 0.459 bits per heavy atom. The number of nitrogens with two attached hydrogens (primary N) is 1. The molecule has 0 bridgehead atoms. The molecule has 3 aromatic rings. The fourth-order valence-electron chi connectivity index (χ4n) is 6.10. The molecule has 0 spiro atoms. The quantitative estimate of drug-likeness (QED) is 0.220. The number of hydrogen-bond acceptors (Lipinski definition) is 1. The van der Waals surface area contributed by atoms with Crippen LogP contribution in [0.1, 0.15) is 113 Å². The van der Waals surface area contributed by atoms with Gasteiger partial charge < -0.3 is 5.73 Å². The number of benzene rings is 3. The maximum atomic E-state index is 7.20. The summed E-state index contributed by atoms with van der Waals surface area (Å²) in [6, 6.07) is 16.7. The van der Waals surface area contributed by atoms with Crippen LogP contribution in [0.5, 0.6) is 0 Å². The Labute approximate surface area is 227 Å². The van der Waals surface area contributed by atoms with Crippen LogP contribution in [0.25, 0.3) is 22.3 Å². The lowest BCUT2D eigenvalue weighted by Gasteiger charge is -2.23. The third kappa shape index (κ3) is 6.86. The van der Waals surface area contributed by atoms with Crippen LogP contribution in [0.3, 0.4) is 0 Å². The lowest BCUT2D eigenvalue weighted by atomic mass is 9.83. The highest BCUT2D eigenvalue weighted by Gasteiger charge is 2.20. The molecular formula is C36H51N. The number of nitrogen functional groups attached to an aromatic ring is 1. The predicted octanol–water partition coefficient (Wildman–Crippen LogP) is 10.3. The lowest BCUT2D eigenvalue weighted by Crippen LogP contribution is -2.05. The highest BCUT2D eigenvalue weighted by atomic mass is 14.6. The van der Waals surface area contributed by atoms with Crippen LogP contribution in [-0.4, -0.2) is 0 Å². The van der Waals surface area contributed by atoms with E-state index in [0.29, 0.717) is 0 Å². The van der Waals surface area contributed by atoms with Gasteiger partial charge in [-0.1, -0.05) is 123 Å². The average molecular weight is 498 g/mol. The molecule has 0 atom stereocenters. The number of hydrogen-bond donors (Lipinski definition) is 1. The zero-order valence-electron chi connectivity index (χ0n) is 24.6. The van der Waals surface area contributed by atoms with Crippen molar-refractivity contribution in [2.45, 2.75) is 119 Å². The van der Waals surface area contributed by atoms with Gasteiger partial charge >= 0.3 is 0 Å². The molecule has 3 rings (SSSR count). The number of rotatable bonds is 14. The first-order valence-electron chi connectivity index (χ1n) is 15.2. The third-order valence-corrected chi connectivity index (χ3v) is 7.52. The summed E-state index contributed by atoms with van der Waals surface area (Å²) in [6.07, 6.45) is 13.6. The molecule has 1 nitrogen and oxygen atoms in total. The van der Waals surface area contributed by atoms with Gasteiger partial charge in [-0.25, -0.2) is 0 Å². The standard InChI is InChI=1S/C36H51N/c1-7-14-26-22-28(16-9-3)34(29(23-26)17-10-4)32-20-13-21-33(36(32)37)35-30(18-11-5)24-27(15-8-2)25-31(35)19-12-6/h13,20-25H,7-12,14-19,37H2,1-6H3. The van der Waals surface area contributed by atoms with E-state index in [1.807, 2.05) is 0 Å². The highest BCUT2D eigenvalue weighted by Crippen LogP contribution is 2.42. The molecule has 0 aliphatic carbocycles. The van der Waals surface area contributed by atoms with Gasteiger partial charge in [0.05, 0.1) is 0 Å². The van der Waals surface area contributed by atoms with Gasteiger partial charge in [-0.2, -0.15) is 0 Å². The summed E-state index contributed by atoms with van der Waals surface area (Å²) in [7, 11) is 0. The summed E-state index contributed by atoms with van der Waals surface area (Å²) >= 11 is 0. The van der Waals surface area contributed by atoms with Crippen LogP contribution in [-0.2, 0) is 38.5 Å². The average Bonchev–Trinajstić information content (AvgIpc) is 2.86. The van der Waals surface area contributed by atoms with Gasteiger partial charge in [-0.15, -0.1) is 0 Å². The van der Waals surface area contributed by atoms with E-state index >= 15 is 0 Å². The van der Waals surface area contributed by atoms with E-state index in [-0.39, 0.29) is 0 Å². The Hall–Kier alpha value is -2.54. The molecule has 0 unspecified atom stereocenters. The summed E-state index contributed by atoms with van der Waals surface area (Å²) < 4.78 is 0. The monoisotopic (exact) mass is 497 g/mol. The minimum atomic E-state index is 0.957. The minimum Gasteiger partial charge on any atom is -0.398 e. The highest BCUT2D eigenvalue weighted by molar-refractivity contribution is 5.92. The SMILES string of the molecule is CCCc1cc(CCC)c(-c2cccc(-c3c(CCC)cc(CCC)cc3CCC)c2N)c(CCC)c1. The van der Waals surface area contributed by atoms with E-state index in [2.05, 4.69) is 84.0 Å². The number of aryl methyl sites for hydroxylation is 6. The van der Waals surface area contributed by atoms with Crippen molar-refractivity contribution in [3.8, 4) is 22.3 Å². The fourth-order valence-corrected chi connectivity index (χ4v) is 6.10. The largest absolute Gasteiger partial charge is 0.398 e. The first-order valence-corrected chi connectivity index (χ1v) is 15.2. The molecule has 0 saturated heterocycles. The zero-order valence-corrected chi connectivity index (χ0v) is 24.6. The smallest absolute Gasteiger partial charge is 0.0473 e. The first kappa shape index (κ1) is 29.0. The second kappa shape index (κ2) is 14.4. The summed E-state index contributed by atoms with van der Waals surface area (Å²) in [5.74, 6) is 0. The summed E-state index contributed by atoms with van der Waals surface area (Å²) in [4.78, 5) is 0. The van der Waals surface area contributed by atoms with Crippen LogP contribution in [0.4, 0.5) is 5.69 Å². The van der Waals surface area contributed by atoms with Gasteiger partial charge in [0.25, 0.3) is 0 Å². The summed E-state index contributed by atoms with van der Waals surface area (Å²) in [5, 5.41) is 0. The van der Waals surface area contributed by atoms with Crippen molar-refractivity contribution in [1.82, 2.24) is 0 Å². The maximum absolute atomic E-state index is 7.20. The van der Waals surface area contributed by atoms with Crippen molar-refractivity contribution >= 4 is 5.69 Å². The van der Waals surface area contributed by atoms with Gasteiger partial charge in [-0.05, 0) is 83.0 Å². The Morgan fingerprint density at radius 3 is 1.03 bits per heavy atom. The molecular weight excluding hydrogens is 446 g/mol. The van der Waals surface area contributed by atoms with E-state index in [1.165, 1.54) is 68.5 Å². The van der Waals surface area contributed by atoms with Crippen molar-refractivity contribution in [1.29, 1.82) is 0 Å². The van der Waals surface area contributed by atoms with Crippen molar-refractivity contribution < 1.29 is 0 Å². The van der Waals surface area contributed by atoms with Crippen LogP contribution < -0.4 is 5.73 Å². The Morgan fingerprint density at radius 2 is 0.757 bits per heavy atom. The van der Waals surface area contributed by atoms with Crippen molar-refractivity contribution in [2.75, 3.05) is 5.73 Å². The third-order valence-electron chi connectivity index (χ3n) is 7.52. The Bertz CT molecular complexity index is 1010. The van der Waals surface area contributed by atoms with E-state index in [4.69, 9.17) is 5.73 Å². The Kier molecular flexibility index (Phi) is 11.3. The molecule has 0 aromatic heterocycles. The lowest BCUT2D eigenvalue weighted by molar-refractivity contribution is 0.873. The van der Waals surface area contributed by atoms with E-state index in [9.17, 15) is 0 Å². The van der Waals surface area contributed by atoms with Crippen molar-refractivity contribution in [3.63, 3.8) is 0 Å². The van der Waals surface area contributed by atoms with E-state index in [0.717, 1.165) is 69.9 Å². The molecule has 0 amide bonds. The fraction of sp³-hybridized carbons (Fsp3) is 0.500. The molecule has 3 aromatic carbocycles. The molecule has 0 aliphatic heterocycles. The summed E-state index contributed by atoms with van der Waals surface area (Å²) in [5.41, 5.74) is 22.3. The molecule has 0 radical (unpaired) electrons. The van der Waals surface area contributed by atoms with Crippen LogP contribution in [0.2, 0.25) is 0 Å². The first-order chi connectivity index (χ1) is 18.0. The van der Waals surface area contributed by atoms with Crippen LogP contribution in [0, 0.1) is 0 Å². The van der Waals surface area contributed by atoms with Gasteiger partial charge in [0.1, 0.15) is 0 Å². The minimum absolute atomic E-state index is 0.957. The molecule has 37 heavy (non-hydrogen) atoms. The van der Waals surface area contributed by atoms with Crippen molar-refractivity contribution in [2.24, 2.45) is 0 Å². The van der Waals surface area contributed by atoms with Gasteiger partial charge in [0.15, 0.2) is 0 Å². The second-order valence-electron chi connectivity index (χ2n) is 10.8. The van der Waals surface area contributed by atoms with Gasteiger partial charge in [0.2, 0.25) is 0 Å². The molecule has 0 saturated carbocycles. The molecule has 1 heteroatoms. The Balaban J connectivity index is 2.31. The molecule has 0 heterocycles.